The molecule has 1 nitrogen and oxygen atoms in total. The van der Waals surface area contributed by atoms with Crippen molar-refractivity contribution in [3.63, 3.8) is 0 Å². The minimum atomic E-state index is 0.809. The van der Waals surface area contributed by atoms with E-state index in [1.807, 2.05) is 37.4 Å². The first kappa shape index (κ1) is 14.7. The first-order valence-electron chi connectivity index (χ1n) is 5.87. The zero-order chi connectivity index (χ0) is 13.5. The molecule has 2 heteroatoms. The molecule has 1 rings (SSSR count). The van der Waals surface area contributed by atoms with Gasteiger partial charge in [0.15, 0.2) is 0 Å². The molecule has 1 aromatic carbocycles. The Morgan fingerprint density at radius 3 is 2.39 bits per heavy atom. The number of hydrogen-bond acceptors (Lipinski definition) is 1. The molecule has 18 heavy (non-hydrogen) atoms. The summed E-state index contributed by atoms with van der Waals surface area (Å²) in [6, 6.07) is 10.3. The van der Waals surface area contributed by atoms with Crippen LogP contribution in [0.2, 0.25) is 0 Å². The zero-order valence-corrected chi connectivity index (χ0v) is 12.7. The predicted molar refractivity (Wildman–Crippen MR) is 82.8 cm³/mol. The maximum absolute atomic E-state index is 3.87. The van der Waals surface area contributed by atoms with Crippen LogP contribution in [0.1, 0.15) is 12.5 Å². The van der Waals surface area contributed by atoms with Crippen LogP contribution in [-0.4, -0.2) is 38.6 Å². The Hall–Kier alpha value is -1.37. The fourth-order valence-corrected chi connectivity index (χ4v) is 2.44. The predicted octanol–water partition coefficient (Wildman–Crippen LogP) is 3.06. The van der Waals surface area contributed by atoms with E-state index in [-0.39, 0.29) is 0 Å². The van der Waals surface area contributed by atoms with Crippen molar-refractivity contribution in [3.8, 4) is 0 Å². The summed E-state index contributed by atoms with van der Waals surface area (Å²) in [4.78, 5) is 2.14. The summed E-state index contributed by atoms with van der Waals surface area (Å²) in [5.41, 5.74) is 3.54. The fraction of sp³-hybridized carbons (Fsp3) is 0.188. The van der Waals surface area contributed by atoms with Crippen LogP contribution in [0.5, 0.6) is 0 Å². The molecule has 0 aliphatic carbocycles. The second kappa shape index (κ2) is 7.15. The van der Waals surface area contributed by atoms with E-state index in [0.717, 1.165) is 16.7 Å². The molecular formula is C16H19NSe. The van der Waals surface area contributed by atoms with E-state index in [2.05, 4.69) is 52.7 Å². The third-order valence-electron chi connectivity index (χ3n) is 2.73. The quantitative estimate of drug-likeness (QED) is 0.443. The van der Waals surface area contributed by atoms with Crippen molar-refractivity contribution in [2.45, 2.75) is 6.92 Å². The maximum atomic E-state index is 3.87. The van der Waals surface area contributed by atoms with Crippen LogP contribution in [0.25, 0.3) is 5.57 Å². The topological polar surface area (TPSA) is 3.24 Å². The molecule has 0 radical (unpaired) electrons. The van der Waals surface area contributed by atoms with Gasteiger partial charge in [-0.05, 0) is 0 Å². The number of hydrogen-bond donors (Lipinski definition) is 0. The Morgan fingerprint density at radius 1 is 1.28 bits per heavy atom. The Labute approximate surface area is 118 Å². The molecule has 0 saturated heterocycles. The summed E-state index contributed by atoms with van der Waals surface area (Å²) in [5.74, 6) is 0. The number of nitrogens with zero attached hydrogens (tertiary/aromatic N) is 1. The van der Waals surface area contributed by atoms with Crippen molar-refractivity contribution >= 4 is 25.7 Å². The van der Waals surface area contributed by atoms with Gasteiger partial charge in [-0.3, -0.25) is 0 Å². The SMILES string of the molecule is C=CCN(C)C(=[Se])/C(=C(/C)C=C)c1ccccc1. The van der Waals surface area contributed by atoms with Gasteiger partial charge in [0.05, 0.1) is 0 Å². The number of allylic oxidation sites excluding steroid dienone is 2. The molecule has 0 aliphatic heterocycles. The standard InChI is InChI=1S/C16H19NSe/c1-5-12-17(4)16(18)15(13(3)6-2)14-10-8-7-9-11-14/h5-11H,1-2,12H2,3-4H3/b15-13-. The molecule has 0 bridgehead atoms. The van der Waals surface area contributed by atoms with E-state index in [0.29, 0.717) is 0 Å². The Kier molecular flexibility index (Phi) is 5.84. The normalized spacial score (nSPS) is 11.4. The first-order chi connectivity index (χ1) is 8.61. The van der Waals surface area contributed by atoms with Crippen LogP contribution in [0.3, 0.4) is 0 Å². The molecule has 0 heterocycles. The molecule has 0 fully saturated rings. The van der Waals surface area contributed by atoms with Crippen molar-refractivity contribution in [1.29, 1.82) is 0 Å². The van der Waals surface area contributed by atoms with Gasteiger partial charge in [-0.25, -0.2) is 0 Å². The van der Waals surface area contributed by atoms with Gasteiger partial charge < -0.3 is 0 Å². The molecule has 0 aromatic heterocycles. The van der Waals surface area contributed by atoms with E-state index in [1.54, 1.807) is 0 Å². The molecule has 0 aliphatic rings. The van der Waals surface area contributed by atoms with E-state index < -0.39 is 0 Å². The van der Waals surface area contributed by atoms with E-state index in [4.69, 9.17) is 0 Å². The number of likely N-dealkylation sites (N-methyl/N-ethyl adjacent to an activating group) is 1. The van der Waals surface area contributed by atoms with Gasteiger partial charge in [0, 0.05) is 0 Å². The molecule has 94 valence electrons. The van der Waals surface area contributed by atoms with Crippen molar-refractivity contribution in [2.75, 3.05) is 13.6 Å². The van der Waals surface area contributed by atoms with Gasteiger partial charge in [-0.15, -0.1) is 0 Å². The van der Waals surface area contributed by atoms with Crippen molar-refractivity contribution < 1.29 is 0 Å². The summed E-state index contributed by atoms with van der Waals surface area (Å²) in [7, 11) is 2.05. The van der Waals surface area contributed by atoms with Crippen LogP contribution >= 0.6 is 0 Å². The zero-order valence-electron chi connectivity index (χ0n) is 11.0. The molecule has 1 aromatic rings. The minimum absolute atomic E-state index is 0.809. The summed E-state index contributed by atoms with van der Waals surface area (Å²) in [5, 5.41) is 0. The molecule has 0 saturated carbocycles. The summed E-state index contributed by atoms with van der Waals surface area (Å²) < 4.78 is 1.11. The summed E-state index contributed by atoms with van der Waals surface area (Å²) in [6.07, 6.45) is 3.78. The van der Waals surface area contributed by atoms with Crippen LogP contribution in [-0.2, 0) is 0 Å². The molecule has 0 spiro atoms. The second-order valence-corrected chi connectivity index (χ2v) is 4.91. The Bertz CT molecular complexity index is 471. The van der Waals surface area contributed by atoms with Crippen LogP contribution in [0, 0.1) is 0 Å². The molecule has 0 N–H and O–H groups in total. The van der Waals surface area contributed by atoms with Gasteiger partial charge >= 0.3 is 118 Å². The average molecular weight is 304 g/mol. The van der Waals surface area contributed by atoms with E-state index in [1.165, 1.54) is 11.1 Å². The van der Waals surface area contributed by atoms with Crippen LogP contribution in [0.15, 0.2) is 61.2 Å². The van der Waals surface area contributed by atoms with Gasteiger partial charge in [-0.2, -0.15) is 0 Å². The summed E-state index contributed by atoms with van der Waals surface area (Å²) >= 11 is 3.16. The van der Waals surface area contributed by atoms with Gasteiger partial charge in [0.2, 0.25) is 0 Å². The number of rotatable bonds is 6. The number of benzene rings is 1. The van der Waals surface area contributed by atoms with Gasteiger partial charge in [0.1, 0.15) is 0 Å². The summed E-state index contributed by atoms with van der Waals surface area (Å²) in [6.45, 7) is 10.5. The van der Waals surface area contributed by atoms with Gasteiger partial charge in [0.25, 0.3) is 0 Å². The van der Waals surface area contributed by atoms with Crippen molar-refractivity contribution in [3.05, 3.63) is 66.8 Å². The Morgan fingerprint density at radius 2 is 1.89 bits per heavy atom. The monoisotopic (exact) mass is 305 g/mol. The Balaban J connectivity index is 3.21. The third kappa shape index (κ3) is 3.56. The van der Waals surface area contributed by atoms with Crippen molar-refractivity contribution in [1.82, 2.24) is 4.90 Å². The van der Waals surface area contributed by atoms with E-state index >= 15 is 0 Å². The fourth-order valence-electron chi connectivity index (χ4n) is 1.69. The van der Waals surface area contributed by atoms with E-state index in [9.17, 15) is 0 Å². The third-order valence-corrected chi connectivity index (χ3v) is 3.81. The first-order valence-corrected chi connectivity index (χ1v) is 6.72. The molecule has 0 unspecified atom stereocenters. The second-order valence-electron chi connectivity index (χ2n) is 4.10. The molecule has 0 amide bonds. The molecule has 0 atom stereocenters. The van der Waals surface area contributed by atoms with Crippen LogP contribution in [0.4, 0.5) is 0 Å². The van der Waals surface area contributed by atoms with Crippen LogP contribution < -0.4 is 0 Å². The van der Waals surface area contributed by atoms with Gasteiger partial charge in [-0.1, -0.05) is 0 Å². The van der Waals surface area contributed by atoms with Crippen molar-refractivity contribution in [2.24, 2.45) is 0 Å². The average Bonchev–Trinajstić information content (AvgIpc) is 2.40. The molecular weight excluding hydrogens is 285 g/mol.